The lowest BCUT2D eigenvalue weighted by Gasteiger charge is -2.24. The fourth-order valence-electron chi connectivity index (χ4n) is 1.94. The molecule has 0 aliphatic rings. The predicted molar refractivity (Wildman–Crippen MR) is 87.0 cm³/mol. The lowest BCUT2D eigenvalue weighted by molar-refractivity contribution is 0.483. The average molecular weight is 322 g/mol. The van der Waals surface area contributed by atoms with Crippen molar-refractivity contribution in [1.29, 1.82) is 0 Å². The van der Waals surface area contributed by atoms with E-state index < -0.39 is 10.1 Å². The van der Waals surface area contributed by atoms with E-state index >= 15 is 0 Å². The van der Waals surface area contributed by atoms with Crippen molar-refractivity contribution < 1.29 is 13.0 Å². The van der Waals surface area contributed by atoms with Gasteiger partial charge in [-0.1, -0.05) is 42.5 Å². The normalized spacial score (nSPS) is 12.3. The molecule has 2 aromatic carbocycles. The van der Waals surface area contributed by atoms with Gasteiger partial charge in [0.15, 0.2) is 0 Å². The van der Waals surface area contributed by atoms with Crippen LogP contribution in [0.1, 0.15) is 25.0 Å². The third kappa shape index (κ3) is 4.33. The van der Waals surface area contributed by atoms with E-state index in [9.17, 15) is 8.42 Å². The highest BCUT2D eigenvalue weighted by Crippen LogP contribution is 2.37. The van der Waals surface area contributed by atoms with Crippen LogP contribution in [-0.4, -0.2) is 13.0 Å². The topological polar surface area (TPSA) is 54.4 Å². The molecule has 5 heteroatoms. The molecular weight excluding hydrogens is 304 g/mol. The zero-order valence-corrected chi connectivity index (χ0v) is 13.6. The van der Waals surface area contributed by atoms with Gasteiger partial charge in [-0.15, -0.1) is 11.8 Å². The summed E-state index contributed by atoms with van der Waals surface area (Å²) < 4.78 is 30.9. The van der Waals surface area contributed by atoms with Gasteiger partial charge in [-0.3, -0.25) is 4.55 Å². The van der Waals surface area contributed by atoms with Crippen LogP contribution < -0.4 is 0 Å². The lowest BCUT2D eigenvalue weighted by Crippen LogP contribution is -2.12. The zero-order valence-electron chi connectivity index (χ0n) is 12.0. The van der Waals surface area contributed by atoms with Gasteiger partial charge < -0.3 is 0 Å². The Kier molecular flexibility index (Phi) is 4.76. The third-order valence-corrected chi connectivity index (χ3v) is 5.59. The van der Waals surface area contributed by atoms with Gasteiger partial charge in [0.05, 0.1) is 4.90 Å². The van der Waals surface area contributed by atoms with Gasteiger partial charge >= 0.3 is 0 Å². The summed E-state index contributed by atoms with van der Waals surface area (Å²) in [5, 5.41) is 0. The number of hydrogen-bond acceptors (Lipinski definition) is 3. The fourth-order valence-corrected chi connectivity index (χ4v) is 3.45. The Labute approximate surface area is 130 Å². The molecule has 21 heavy (non-hydrogen) atoms. The van der Waals surface area contributed by atoms with Crippen LogP contribution in [0.3, 0.4) is 0 Å². The Morgan fingerprint density at radius 1 is 1.00 bits per heavy atom. The summed E-state index contributed by atoms with van der Waals surface area (Å²) in [6, 6.07) is 16.6. The molecule has 0 atom stereocenters. The highest BCUT2D eigenvalue weighted by atomic mass is 32.2. The van der Waals surface area contributed by atoms with E-state index in [0.29, 0.717) is 0 Å². The second kappa shape index (κ2) is 6.22. The van der Waals surface area contributed by atoms with Crippen LogP contribution in [0.2, 0.25) is 0 Å². The van der Waals surface area contributed by atoms with Gasteiger partial charge in [0.2, 0.25) is 0 Å². The minimum atomic E-state index is -4.11. The summed E-state index contributed by atoms with van der Waals surface area (Å²) in [4.78, 5) is -0.0708. The molecule has 0 bridgehead atoms. The third-order valence-electron chi connectivity index (χ3n) is 3.29. The summed E-state index contributed by atoms with van der Waals surface area (Å²) in [7, 11) is -4.11. The van der Waals surface area contributed by atoms with Crippen LogP contribution in [0.4, 0.5) is 0 Å². The van der Waals surface area contributed by atoms with Gasteiger partial charge in [0, 0.05) is 10.5 Å². The van der Waals surface area contributed by atoms with Crippen LogP contribution in [0.25, 0.3) is 0 Å². The summed E-state index contributed by atoms with van der Waals surface area (Å²) in [5.74, 6) is 0.771. The first kappa shape index (κ1) is 16.1. The molecule has 2 aromatic rings. The van der Waals surface area contributed by atoms with Crippen molar-refractivity contribution in [2.45, 2.75) is 29.2 Å². The molecule has 0 radical (unpaired) electrons. The SMILES string of the molecule is CC(C)(SCc1ccc(S(=O)(=O)O)cc1)c1ccccc1. The molecule has 0 spiro atoms. The van der Waals surface area contributed by atoms with Crippen molar-refractivity contribution in [3.05, 3.63) is 65.7 Å². The molecule has 0 aromatic heterocycles. The predicted octanol–water partition coefficient (Wildman–Crippen LogP) is 4.10. The Morgan fingerprint density at radius 2 is 1.57 bits per heavy atom. The fraction of sp³-hybridized carbons (Fsp3) is 0.250. The van der Waals surface area contributed by atoms with E-state index in [0.717, 1.165) is 11.3 Å². The molecule has 0 aliphatic carbocycles. The van der Waals surface area contributed by atoms with Gasteiger partial charge in [-0.2, -0.15) is 8.42 Å². The molecule has 0 aliphatic heterocycles. The van der Waals surface area contributed by atoms with E-state index in [-0.39, 0.29) is 9.64 Å². The minimum Gasteiger partial charge on any atom is -0.282 e. The molecular formula is C16H18O3S2. The number of thioether (sulfide) groups is 1. The van der Waals surface area contributed by atoms with Crippen LogP contribution in [-0.2, 0) is 20.6 Å². The monoisotopic (exact) mass is 322 g/mol. The second-order valence-corrected chi connectivity index (χ2v) is 8.30. The molecule has 1 N–H and O–H groups in total. The molecule has 2 rings (SSSR count). The lowest BCUT2D eigenvalue weighted by atomic mass is 10.0. The summed E-state index contributed by atoms with van der Waals surface area (Å²) in [5.41, 5.74) is 2.28. The summed E-state index contributed by atoms with van der Waals surface area (Å²) >= 11 is 1.79. The summed E-state index contributed by atoms with van der Waals surface area (Å²) in [6.07, 6.45) is 0. The van der Waals surface area contributed by atoms with Crippen molar-refractivity contribution in [3.63, 3.8) is 0 Å². The van der Waals surface area contributed by atoms with Crippen LogP contribution in [0.5, 0.6) is 0 Å². The number of hydrogen-bond donors (Lipinski definition) is 1. The van der Waals surface area contributed by atoms with E-state index in [4.69, 9.17) is 4.55 Å². The van der Waals surface area contributed by atoms with Crippen molar-refractivity contribution in [1.82, 2.24) is 0 Å². The Bertz CT molecular complexity index is 690. The quantitative estimate of drug-likeness (QED) is 0.842. The smallest absolute Gasteiger partial charge is 0.282 e. The summed E-state index contributed by atoms with van der Waals surface area (Å²) in [6.45, 7) is 4.33. The Hall–Kier alpha value is -1.30. The van der Waals surface area contributed by atoms with Crippen molar-refractivity contribution in [3.8, 4) is 0 Å². The van der Waals surface area contributed by atoms with E-state index in [1.54, 1.807) is 23.9 Å². The molecule has 3 nitrogen and oxygen atoms in total. The van der Waals surface area contributed by atoms with Crippen LogP contribution >= 0.6 is 11.8 Å². The standard InChI is InChI=1S/C16H18O3S2/c1-16(2,14-6-4-3-5-7-14)20-12-13-8-10-15(11-9-13)21(17,18)19/h3-11H,12H2,1-2H3,(H,17,18,19). The molecule has 0 saturated heterocycles. The Balaban J connectivity index is 2.06. The highest BCUT2D eigenvalue weighted by Gasteiger charge is 2.20. The molecule has 0 amide bonds. The maximum Gasteiger partial charge on any atom is 0.294 e. The molecule has 0 fully saturated rings. The average Bonchev–Trinajstić information content (AvgIpc) is 2.46. The number of rotatable bonds is 5. The molecule has 112 valence electrons. The maximum atomic E-state index is 11.0. The first-order valence-corrected chi connectivity index (χ1v) is 8.97. The minimum absolute atomic E-state index is 0.0248. The highest BCUT2D eigenvalue weighted by molar-refractivity contribution is 7.99. The van der Waals surface area contributed by atoms with Gasteiger partial charge in [-0.05, 0) is 37.1 Å². The number of benzene rings is 2. The first-order valence-electron chi connectivity index (χ1n) is 6.55. The molecule has 0 unspecified atom stereocenters. The molecule has 0 saturated carbocycles. The van der Waals surface area contributed by atoms with Gasteiger partial charge in [-0.25, -0.2) is 0 Å². The van der Waals surface area contributed by atoms with Crippen LogP contribution in [0.15, 0.2) is 59.5 Å². The first-order chi connectivity index (χ1) is 9.79. The van der Waals surface area contributed by atoms with Crippen LogP contribution in [0, 0.1) is 0 Å². The van der Waals surface area contributed by atoms with E-state index in [1.165, 1.54) is 17.7 Å². The van der Waals surface area contributed by atoms with E-state index in [2.05, 4.69) is 26.0 Å². The van der Waals surface area contributed by atoms with Crippen molar-refractivity contribution >= 4 is 21.9 Å². The molecule has 0 heterocycles. The van der Waals surface area contributed by atoms with Crippen molar-refractivity contribution in [2.75, 3.05) is 0 Å². The Morgan fingerprint density at radius 3 is 2.10 bits per heavy atom. The van der Waals surface area contributed by atoms with Crippen molar-refractivity contribution in [2.24, 2.45) is 0 Å². The second-order valence-electron chi connectivity index (χ2n) is 5.28. The maximum absolute atomic E-state index is 11.0. The van der Waals surface area contributed by atoms with E-state index in [1.807, 2.05) is 18.2 Å². The zero-order chi connectivity index (χ0) is 15.5. The largest absolute Gasteiger partial charge is 0.294 e. The van der Waals surface area contributed by atoms with Gasteiger partial charge in [0.25, 0.3) is 10.1 Å². The van der Waals surface area contributed by atoms with Gasteiger partial charge in [0.1, 0.15) is 0 Å².